The van der Waals surface area contributed by atoms with Crippen molar-refractivity contribution in [3.05, 3.63) is 57.8 Å². The van der Waals surface area contributed by atoms with Gasteiger partial charge in [0.2, 0.25) is 0 Å². The summed E-state index contributed by atoms with van der Waals surface area (Å²) in [5, 5.41) is 1.95. The van der Waals surface area contributed by atoms with E-state index in [-0.39, 0.29) is 6.04 Å². The summed E-state index contributed by atoms with van der Waals surface area (Å²) < 4.78 is 37.2. The Balaban J connectivity index is 2.10. The topological polar surface area (TPSA) is 26.0 Å². The lowest BCUT2D eigenvalue weighted by molar-refractivity contribution is -0.137. The Morgan fingerprint density at radius 2 is 1.78 bits per heavy atom. The van der Waals surface area contributed by atoms with Crippen LogP contribution in [0.15, 0.2) is 41.8 Å². The van der Waals surface area contributed by atoms with Crippen LogP contribution >= 0.6 is 11.3 Å². The highest BCUT2D eigenvalue weighted by Crippen LogP contribution is 2.30. The summed E-state index contributed by atoms with van der Waals surface area (Å²) in [5.41, 5.74) is 6.05. The number of hydrogen-bond donors (Lipinski definition) is 1. The van der Waals surface area contributed by atoms with Crippen molar-refractivity contribution >= 4 is 11.3 Å². The lowest BCUT2D eigenvalue weighted by Gasteiger charge is -2.12. The standard InChI is InChI=1S/C13H12F3NS/c14-13(15,16)10-5-3-9(4-6-10)12(17)8-11-2-1-7-18-11/h1-7,12H,8,17H2. The van der Waals surface area contributed by atoms with E-state index in [0.29, 0.717) is 6.42 Å². The number of thiophene rings is 1. The van der Waals surface area contributed by atoms with Gasteiger partial charge in [0.15, 0.2) is 0 Å². The molecular formula is C13H12F3NS. The van der Waals surface area contributed by atoms with Crippen molar-refractivity contribution in [1.29, 1.82) is 0 Å². The van der Waals surface area contributed by atoms with E-state index in [1.165, 1.54) is 12.1 Å². The van der Waals surface area contributed by atoms with Crippen LogP contribution in [0.3, 0.4) is 0 Å². The highest BCUT2D eigenvalue weighted by Gasteiger charge is 2.30. The second-order valence-electron chi connectivity index (χ2n) is 4.01. The summed E-state index contributed by atoms with van der Waals surface area (Å²) in [6.45, 7) is 0. The fourth-order valence-electron chi connectivity index (χ4n) is 1.68. The average molecular weight is 271 g/mol. The first kappa shape index (κ1) is 13.1. The molecule has 96 valence electrons. The maximum absolute atomic E-state index is 12.4. The quantitative estimate of drug-likeness (QED) is 0.896. The number of hydrogen-bond acceptors (Lipinski definition) is 2. The Morgan fingerprint density at radius 1 is 1.11 bits per heavy atom. The molecule has 18 heavy (non-hydrogen) atoms. The van der Waals surface area contributed by atoms with E-state index in [1.54, 1.807) is 11.3 Å². The molecule has 0 aliphatic carbocycles. The number of alkyl halides is 3. The van der Waals surface area contributed by atoms with Gasteiger partial charge in [-0.05, 0) is 29.1 Å². The minimum atomic E-state index is -4.30. The monoisotopic (exact) mass is 271 g/mol. The highest BCUT2D eigenvalue weighted by atomic mass is 32.1. The van der Waals surface area contributed by atoms with E-state index >= 15 is 0 Å². The average Bonchev–Trinajstić information content (AvgIpc) is 2.81. The van der Waals surface area contributed by atoms with Crippen LogP contribution in [0.25, 0.3) is 0 Å². The summed E-state index contributed by atoms with van der Waals surface area (Å²) in [6, 6.07) is 8.66. The molecule has 0 saturated carbocycles. The van der Waals surface area contributed by atoms with Gasteiger partial charge >= 0.3 is 6.18 Å². The summed E-state index contributed by atoms with van der Waals surface area (Å²) in [5.74, 6) is 0. The molecule has 5 heteroatoms. The molecule has 0 fully saturated rings. The van der Waals surface area contributed by atoms with Gasteiger partial charge in [0.05, 0.1) is 5.56 Å². The molecule has 1 aromatic carbocycles. The van der Waals surface area contributed by atoms with E-state index in [9.17, 15) is 13.2 Å². The molecule has 0 bridgehead atoms. The van der Waals surface area contributed by atoms with E-state index < -0.39 is 11.7 Å². The first-order chi connectivity index (χ1) is 8.47. The zero-order valence-electron chi connectivity index (χ0n) is 9.45. The number of rotatable bonds is 3. The van der Waals surface area contributed by atoms with Crippen LogP contribution in [-0.4, -0.2) is 0 Å². The van der Waals surface area contributed by atoms with Crippen LogP contribution < -0.4 is 5.73 Å². The largest absolute Gasteiger partial charge is 0.416 e. The van der Waals surface area contributed by atoms with Crippen LogP contribution in [0, 0.1) is 0 Å². The van der Waals surface area contributed by atoms with Crippen molar-refractivity contribution in [2.45, 2.75) is 18.6 Å². The Kier molecular flexibility index (Phi) is 3.73. The van der Waals surface area contributed by atoms with Crippen molar-refractivity contribution in [2.24, 2.45) is 5.73 Å². The summed E-state index contributed by atoms with van der Waals surface area (Å²) >= 11 is 1.59. The van der Waals surface area contributed by atoms with Crippen LogP contribution in [0.2, 0.25) is 0 Å². The fraction of sp³-hybridized carbons (Fsp3) is 0.231. The Bertz CT molecular complexity index is 488. The molecule has 1 atom stereocenters. The van der Waals surface area contributed by atoms with Gasteiger partial charge in [0.25, 0.3) is 0 Å². The lowest BCUT2D eigenvalue weighted by atomic mass is 10.0. The van der Waals surface area contributed by atoms with Crippen molar-refractivity contribution in [2.75, 3.05) is 0 Å². The Morgan fingerprint density at radius 3 is 2.28 bits per heavy atom. The third-order valence-electron chi connectivity index (χ3n) is 2.67. The zero-order chi connectivity index (χ0) is 13.2. The second kappa shape index (κ2) is 5.12. The third-order valence-corrected chi connectivity index (χ3v) is 3.57. The van der Waals surface area contributed by atoms with Gasteiger partial charge < -0.3 is 5.73 Å². The number of halogens is 3. The molecule has 1 nitrogen and oxygen atoms in total. The molecular weight excluding hydrogens is 259 g/mol. The maximum Gasteiger partial charge on any atom is 0.416 e. The molecule has 0 radical (unpaired) electrons. The van der Waals surface area contributed by atoms with E-state index in [1.807, 2.05) is 17.5 Å². The van der Waals surface area contributed by atoms with Gasteiger partial charge in [0.1, 0.15) is 0 Å². The number of benzene rings is 1. The molecule has 1 unspecified atom stereocenters. The molecule has 0 spiro atoms. The predicted octanol–water partition coefficient (Wildman–Crippen LogP) is 4.01. The van der Waals surface area contributed by atoms with Crippen molar-refractivity contribution in [3.8, 4) is 0 Å². The van der Waals surface area contributed by atoms with Crippen LogP contribution in [-0.2, 0) is 12.6 Å². The van der Waals surface area contributed by atoms with Gasteiger partial charge in [-0.2, -0.15) is 13.2 Å². The Hall–Kier alpha value is -1.33. The van der Waals surface area contributed by atoms with Gasteiger partial charge in [0, 0.05) is 17.3 Å². The van der Waals surface area contributed by atoms with Crippen molar-refractivity contribution in [3.63, 3.8) is 0 Å². The van der Waals surface area contributed by atoms with Crippen molar-refractivity contribution < 1.29 is 13.2 Å². The third kappa shape index (κ3) is 3.11. The van der Waals surface area contributed by atoms with Gasteiger partial charge in [-0.3, -0.25) is 0 Å². The van der Waals surface area contributed by atoms with Crippen LogP contribution in [0.5, 0.6) is 0 Å². The van der Waals surface area contributed by atoms with Crippen LogP contribution in [0.4, 0.5) is 13.2 Å². The molecule has 2 N–H and O–H groups in total. The molecule has 0 saturated heterocycles. The minimum Gasteiger partial charge on any atom is -0.324 e. The molecule has 1 heterocycles. The molecule has 1 aromatic heterocycles. The lowest BCUT2D eigenvalue weighted by Crippen LogP contribution is -2.13. The molecule has 2 rings (SSSR count). The van der Waals surface area contributed by atoms with E-state index in [4.69, 9.17) is 5.73 Å². The highest BCUT2D eigenvalue weighted by molar-refractivity contribution is 7.09. The van der Waals surface area contributed by atoms with Crippen molar-refractivity contribution in [1.82, 2.24) is 0 Å². The van der Waals surface area contributed by atoms with E-state index in [0.717, 1.165) is 22.6 Å². The summed E-state index contributed by atoms with van der Waals surface area (Å²) in [6.07, 6.45) is -3.65. The van der Waals surface area contributed by atoms with Gasteiger partial charge in [-0.25, -0.2) is 0 Å². The summed E-state index contributed by atoms with van der Waals surface area (Å²) in [4.78, 5) is 1.13. The molecule has 0 amide bonds. The van der Waals surface area contributed by atoms with Crippen LogP contribution in [0.1, 0.15) is 22.0 Å². The van der Waals surface area contributed by atoms with Gasteiger partial charge in [-0.1, -0.05) is 18.2 Å². The van der Waals surface area contributed by atoms with E-state index in [2.05, 4.69) is 0 Å². The second-order valence-corrected chi connectivity index (χ2v) is 5.04. The minimum absolute atomic E-state index is 0.272. The predicted molar refractivity (Wildman–Crippen MR) is 66.4 cm³/mol. The molecule has 0 aliphatic heterocycles. The summed E-state index contributed by atoms with van der Waals surface area (Å²) in [7, 11) is 0. The molecule has 0 aliphatic rings. The number of nitrogens with two attached hydrogens (primary N) is 1. The first-order valence-corrected chi connectivity index (χ1v) is 6.30. The first-order valence-electron chi connectivity index (χ1n) is 5.42. The normalized spacial score (nSPS) is 13.6. The maximum atomic E-state index is 12.4. The zero-order valence-corrected chi connectivity index (χ0v) is 10.3. The SMILES string of the molecule is NC(Cc1cccs1)c1ccc(C(F)(F)F)cc1. The van der Waals surface area contributed by atoms with Gasteiger partial charge in [-0.15, -0.1) is 11.3 Å². The smallest absolute Gasteiger partial charge is 0.324 e. The Labute approximate surface area is 107 Å². The molecule has 2 aromatic rings. The fourth-order valence-corrected chi connectivity index (χ4v) is 2.45.